The van der Waals surface area contributed by atoms with Gasteiger partial charge in [0, 0.05) is 25.1 Å². The van der Waals surface area contributed by atoms with Crippen molar-refractivity contribution in [1.29, 1.82) is 0 Å². The lowest BCUT2D eigenvalue weighted by Crippen LogP contribution is -2.28. The van der Waals surface area contributed by atoms with Gasteiger partial charge < -0.3 is 4.90 Å². The maximum atomic E-state index is 11.9. The maximum Gasteiger partial charge on any atom is 0.252 e. The second-order valence-corrected chi connectivity index (χ2v) is 5.88. The molecule has 0 spiro atoms. The molecule has 2 heterocycles. The summed E-state index contributed by atoms with van der Waals surface area (Å²) in [5, 5.41) is 0. The van der Waals surface area contributed by atoms with Crippen LogP contribution in [0.25, 0.3) is 0 Å². The molecule has 1 aromatic rings. The van der Waals surface area contributed by atoms with Crippen molar-refractivity contribution in [3.8, 4) is 0 Å². The van der Waals surface area contributed by atoms with Gasteiger partial charge in [0.25, 0.3) is 5.56 Å². The van der Waals surface area contributed by atoms with Crippen molar-refractivity contribution in [3.63, 3.8) is 0 Å². The van der Waals surface area contributed by atoms with Gasteiger partial charge in [0.15, 0.2) is 0 Å². The molecule has 4 heteroatoms. The Morgan fingerprint density at radius 1 is 1.05 bits per heavy atom. The molecule has 19 heavy (non-hydrogen) atoms. The highest BCUT2D eigenvalue weighted by atomic mass is 16.1. The summed E-state index contributed by atoms with van der Waals surface area (Å²) in [5.41, 5.74) is 1.02. The molecule has 1 saturated heterocycles. The van der Waals surface area contributed by atoms with Crippen LogP contribution in [-0.4, -0.2) is 23.1 Å². The van der Waals surface area contributed by atoms with Gasteiger partial charge in [-0.05, 0) is 25.7 Å². The maximum absolute atomic E-state index is 11.9. The van der Waals surface area contributed by atoms with E-state index in [4.69, 9.17) is 4.98 Å². The Kier molecular flexibility index (Phi) is 3.85. The molecule has 4 nitrogen and oxygen atoms in total. The van der Waals surface area contributed by atoms with E-state index >= 15 is 0 Å². The first-order valence-electron chi connectivity index (χ1n) is 7.69. The van der Waals surface area contributed by atoms with E-state index in [9.17, 15) is 4.79 Å². The van der Waals surface area contributed by atoms with Crippen LogP contribution in [0.1, 0.15) is 63.0 Å². The predicted molar refractivity (Wildman–Crippen MR) is 76.7 cm³/mol. The Hall–Kier alpha value is -1.32. The Morgan fingerprint density at radius 2 is 1.74 bits per heavy atom. The molecule has 1 aliphatic carbocycles. The van der Waals surface area contributed by atoms with Crippen LogP contribution in [0.2, 0.25) is 0 Å². The molecular formula is C15H23N3O. The summed E-state index contributed by atoms with van der Waals surface area (Å²) in [5.74, 6) is 1.31. The van der Waals surface area contributed by atoms with E-state index in [1.54, 1.807) is 6.07 Å². The van der Waals surface area contributed by atoms with E-state index in [0.717, 1.165) is 24.7 Å². The summed E-state index contributed by atoms with van der Waals surface area (Å²) < 4.78 is 0. The van der Waals surface area contributed by atoms with Gasteiger partial charge in [-0.2, -0.15) is 0 Å². The van der Waals surface area contributed by atoms with Gasteiger partial charge in [-0.1, -0.05) is 25.7 Å². The van der Waals surface area contributed by atoms with Crippen molar-refractivity contribution >= 4 is 5.95 Å². The number of H-pyrrole nitrogens is 1. The number of aromatic amines is 1. The van der Waals surface area contributed by atoms with Gasteiger partial charge in [-0.15, -0.1) is 0 Å². The van der Waals surface area contributed by atoms with Gasteiger partial charge >= 0.3 is 0 Å². The number of nitrogens with zero attached hydrogens (tertiary/aromatic N) is 2. The van der Waals surface area contributed by atoms with Crippen LogP contribution >= 0.6 is 0 Å². The third-order valence-electron chi connectivity index (χ3n) is 4.43. The van der Waals surface area contributed by atoms with Gasteiger partial charge in [-0.25, -0.2) is 4.98 Å². The second kappa shape index (κ2) is 5.76. The number of nitrogens with one attached hydrogen (secondary N) is 1. The standard InChI is InChI=1S/C15H23N3O/c19-14-11-13(12-7-3-4-8-12)16-15(17-14)18-9-5-1-2-6-10-18/h11-12H,1-10H2,(H,16,17,19). The smallest absolute Gasteiger partial charge is 0.252 e. The lowest BCUT2D eigenvalue weighted by molar-refractivity contribution is 0.680. The first kappa shape index (κ1) is 12.7. The topological polar surface area (TPSA) is 49.0 Å². The van der Waals surface area contributed by atoms with E-state index in [2.05, 4.69) is 9.88 Å². The number of rotatable bonds is 2. The molecule has 2 aliphatic rings. The molecule has 0 bridgehead atoms. The molecule has 0 amide bonds. The third kappa shape index (κ3) is 2.99. The highest BCUT2D eigenvalue weighted by Gasteiger charge is 2.21. The molecule has 0 radical (unpaired) electrons. The summed E-state index contributed by atoms with van der Waals surface area (Å²) in [4.78, 5) is 21.8. The molecule has 3 rings (SSSR count). The van der Waals surface area contributed by atoms with Gasteiger partial charge in [0.05, 0.1) is 5.69 Å². The van der Waals surface area contributed by atoms with Crippen LogP contribution in [0, 0.1) is 0 Å². The first-order chi connectivity index (χ1) is 9.33. The molecule has 0 unspecified atom stereocenters. The van der Waals surface area contributed by atoms with Crippen molar-refractivity contribution in [2.75, 3.05) is 18.0 Å². The summed E-state index contributed by atoms with van der Waals surface area (Å²) in [7, 11) is 0. The zero-order chi connectivity index (χ0) is 13.1. The number of anilines is 1. The van der Waals surface area contributed by atoms with Crippen LogP contribution in [0.4, 0.5) is 5.95 Å². The van der Waals surface area contributed by atoms with Crippen LogP contribution in [0.5, 0.6) is 0 Å². The van der Waals surface area contributed by atoms with Crippen molar-refractivity contribution in [1.82, 2.24) is 9.97 Å². The molecular weight excluding hydrogens is 238 g/mol. The zero-order valence-corrected chi connectivity index (χ0v) is 11.5. The monoisotopic (exact) mass is 261 g/mol. The average molecular weight is 261 g/mol. The van der Waals surface area contributed by atoms with E-state index in [1.807, 2.05) is 0 Å². The molecule has 0 aromatic carbocycles. The Labute approximate surface area is 114 Å². The lowest BCUT2D eigenvalue weighted by atomic mass is 10.0. The van der Waals surface area contributed by atoms with Gasteiger partial charge in [-0.3, -0.25) is 9.78 Å². The minimum atomic E-state index is 0.0103. The predicted octanol–water partition coefficient (Wildman–Crippen LogP) is 2.81. The highest BCUT2D eigenvalue weighted by molar-refractivity contribution is 5.31. The summed E-state index contributed by atoms with van der Waals surface area (Å²) in [6, 6.07) is 1.71. The summed E-state index contributed by atoms with van der Waals surface area (Å²) >= 11 is 0. The van der Waals surface area contributed by atoms with Crippen molar-refractivity contribution in [2.24, 2.45) is 0 Å². The van der Waals surface area contributed by atoms with Crippen molar-refractivity contribution < 1.29 is 0 Å². The summed E-state index contributed by atoms with van der Waals surface area (Å²) in [6.45, 7) is 2.05. The molecule has 104 valence electrons. The van der Waals surface area contributed by atoms with E-state index in [0.29, 0.717) is 5.92 Å². The number of hydrogen-bond acceptors (Lipinski definition) is 3. The molecule has 2 fully saturated rings. The third-order valence-corrected chi connectivity index (χ3v) is 4.43. The van der Waals surface area contributed by atoms with E-state index < -0.39 is 0 Å². The van der Waals surface area contributed by atoms with Crippen molar-refractivity contribution in [2.45, 2.75) is 57.3 Å². The highest BCUT2D eigenvalue weighted by Crippen LogP contribution is 2.32. The van der Waals surface area contributed by atoms with E-state index in [-0.39, 0.29) is 5.56 Å². The van der Waals surface area contributed by atoms with Crippen LogP contribution in [0.3, 0.4) is 0 Å². The lowest BCUT2D eigenvalue weighted by Gasteiger charge is -2.21. The number of hydrogen-bond donors (Lipinski definition) is 1. The normalized spacial score (nSPS) is 21.6. The Bertz CT molecular complexity index is 469. The van der Waals surface area contributed by atoms with Gasteiger partial charge in [0.2, 0.25) is 5.95 Å². The average Bonchev–Trinajstić information content (AvgIpc) is 2.81. The fourth-order valence-electron chi connectivity index (χ4n) is 3.33. The minimum Gasteiger partial charge on any atom is -0.342 e. The van der Waals surface area contributed by atoms with Crippen LogP contribution < -0.4 is 10.5 Å². The Balaban J connectivity index is 1.85. The SMILES string of the molecule is O=c1cc(C2CCCC2)nc(N2CCCCCC2)[nH]1. The second-order valence-electron chi connectivity index (χ2n) is 5.88. The quantitative estimate of drug-likeness (QED) is 0.890. The molecule has 1 saturated carbocycles. The zero-order valence-electron chi connectivity index (χ0n) is 11.5. The molecule has 0 atom stereocenters. The van der Waals surface area contributed by atoms with Crippen LogP contribution in [-0.2, 0) is 0 Å². The first-order valence-corrected chi connectivity index (χ1v) is 7.69. The Morgan fingerprint density at radius 3 is 2.42 bits per heavy atom. The van der Waals surface area contributed by atoms with E-state index in [1.165, 1.54) is 51.4 Å². The largest absolute Gasteiger partial charge is 0.342 e. The number of aromatic nitrogens is 2. The molecule has 1 aliphatic heterocycles. The summed E-state index contributed by atoms with van der Waals surface area (Å²) in [6.07, 6.45) is 9.93. The van der Waals surface area contributed by atoms with Gasteiger partial charge in [0.1, 0.15) is 0 Å². The van der Waals surface area contributed by atoms with Crippen LogP contribution in [0.15, 0.2) is 10.9 Å². The minimum absolute atomic E-state index is 0.0103. The fraction of sp³-hybridized carbons (Fsp3) is 0.733. The molecule has 1 N–H and O–H groups in total. The molecule has 1 aromatic heterocycles. The van der Waals surface area contributed by atoms with Crippen molar-refractivity contribution in [3.05, 3.63) is 22.1 Å². The fourth-order valence-corrected chi connectivity index (χ4v) is 3.33.